The van der Waals surface area contributed by atoms with E-state index in [4.69, 9.17) is 4.74 Å². The van der Waals surface area contributed by atoms with Gasteiger partial charge in [-0.05, 0) is 56.3 Å². The number of thioether (sulfide) groups is 1. The number of hydrogen-bond donors (Lipinski definition) is 1. The normalized spacial score (nSPS) is 16.5. The third kappa shape index (κ3) is 5.45. The van der Waals surface area contributed by atoms with Gasteiger partial charge in [0.05, 0.1) is 6.61 Å². The monoisotopic (exact) mass is 279 g/mol. The molecule has 1 N–H and O–H groups in total. The molecule has 0 atom stereocenters. The second-order valence-corrected chi connectivity index (χ2v) is 6.05. The molecule has 1 aromatic rings. The van der Waals surface area contributed by atoms with Crippen LogP contribution in [-0.4, -0.2) is 25.4 Å². The highest BCUT2D eigenvalue weighted by Gasteiger charge is 2.11. The molecule has 106 valence electrons. The number of hydrogen-bond acceptors (Lipinski definition) is 3. The van der Waals surface area contributed by atoms with E-state index in [1.54, 1.807) is 11.8 Å². The molecule has 0 amide bonds. The van der Waals surface area contributed by atoms with E-state index in [2.05, 4.69) is 35.8 Å². The van der Waals surface area contributed by atoms with Crippen molar-refractivity contribution in [2.45, 2.75) is 49.5 Å². The van der Waals surface area contributed by atoms with Gasteiger partial charge < -0.3 is 10.1 Å². The SMILES string of the molecule is CSc1ccc(OCCCNC2CCCCC2)cc1. The van der Waals surface area contributed by atoms with Gasteiger partial charge in [-0.15, -0.1) is 11.8 Å². The summed E-state index contributed by atoms with van der Waals surface area (Å²) in [5, 5.41) is 3.64. The molecule has 0 saturated heterocycles. The Balaban J connectivity index is 1.55. The standard InChI is InChI=1S/C16H25NOS/c1-19-16-10-8-15(9-11-16)18-13-5-12-17-14-6-3-2-4-7-14/h8-11,14,17H,2-7,12-13H2,1H3. The minimum atomic E-state index is 0.759. The largest absolute Gasteiger partial charge is 0.494 e. The Bertz CT molecular complexity index is 346. The van der Waals surface area contributed by atoms with E-state index in [1.807, 2.05) is 0 Å². The Hall–Kier alpha value is -0.670. The lowest BCUT2D eigenvalue weighted by Gasteiger charge is -2.22. The summed E-state index contributed by atoms with van der Waals surface area (Å²) < 4.78 is 5.75. The average molecular weight is 279 g/mol. The maximum absolute atomic E-state index is 5.75. The number of nitrogens with one attached hydrogen (secondary N) is 1. The summed E-state index contributed by atoms with van der Waals surface area (Å²) in [6.07, 6.45) is 10.1. The summed E-state index contributed by atoms with van der Waals surface area (Å²) >= 11 is 1.76. The molecule has 0 aromatic heterocycles. The first-order chi connectivity index (χ1) is 9.38. The van der Waals surface area contributed by atoms with Crippen molar-refractivity contribution >= 4 is 11.8 Å². The first-order valence-corrected chi connectivity index (χ1v) is 8.61. The quantitative estimate of drug-likeness (QED) is 0.600. The smallest absolute Gasteiger partial charge is 0.119 e. The van der Waals surface area contributed by atoms with Crippen LogP contribution < -0.4 is 10.1 Å². The van der Waals surface area contributed by atoms with E-state index in [0.29, 0.717) is 0 Å². The number of ether oxygens (including phenoxy) is 1. The Kier molecular flexibility index (Phi) is 6.58. The van der Waals surface area contributed by atoms with Crippen molar-refractivity contribution in [3.8, 4) is 5.75 Å². The molecule has 0 bridgehead atoms. The van der Waals surface area contributed by atoms with E-state index < -0.39 is 0 Å². The molecule has 0 radical (unpaired) electrons. The molecule has 0 unspecified atom stereocenters. The van der Waals surface area contributed by atoms with Crippen molar-refractivity contribution in [1.82, 2.24) is 5.32 Å². The van der Waals surface area contributed by atoms with Crippen molar-refractivity contribution in [3.63, 3.8) is 0 Å². The lowest BCUT2D eigenvalue weighted by atomic mass is 9.95. The molecule has 0 aliphatic heterocycles. The van der Waals surface area contributed by atoms with Crippen molar-refractivity contribution < 1.29 is 4.74 Å². The van der Waals surface area contributed by atoms with Crippen LogP contribution in [0.4, 0.5) is 0 Å². The minimum Gasteiger partial charge on any atom is -0.494 e. The summed E-state index contributed by atoms with van der Waals surface area (Å²) in [6.45, 7) is 1.88. The van der Waals surface area contributed by atoms with Gasteiger partial charge >= 0.3 is 0 Å². The maximum atomic E-state index is 5.75. The molecule has 2 rings (SSSR count). The summed E-state index contributed by atoms with van der Waals surface area (Å²) in [7, 11) is 0. The molecule has 1 aliphatic carbocycles. The lowest BCUT2D eigenvalue weighted by molar-refractivity contribution is 0.296. The lowest BCUT2D eigenvalue weighted by Crippen LogP contribution is -2.32. The zero-order valence-corrected chi connectivity index (χ0v) is 12.7. The predicted molar refractivity (Wildman–Crippen MR) is 83.2 cm³/mol. The van der Waals surface area contributed by atoms with Crippen molar-refractivity contribution in [3.05, 3.63) is 24.3 Å². The minimum absolute atomic E-state index is 0.759. The molecule has 2 nitrogen and oxygen atoms in total. The molecular formula is C16H25NOS. The van der Waals surface area contributed by atoms with Gasteiger partial charge in [0.2, 0.25) is 0 Å². The fourth-order valence-electron chi connectivity index (χ4n) is 2.55. The zero-order chi connectivity index (χ0) is 13.3. The van der Waals surface area contributed by atoms with Crippen molar-refractivity contribution in [2.24, 2.45) is 0 Å². The molecule has 1 fully saturated rings. The summed E-state index contributed by atoms with van der Waals surface area (Å²) in [6, 6.07) is 9.09. The predicted octanol–water partition coefficient (Wildman–Crippen LogP) is 4.10. The summed E-state index contributed by atoms with van der Waals surface area (Å²) in [5.41, 5.74) is 0. The first kappa shape index (κ1) is 14.7. The second kappa shape index (κ2) is 8.49. The van der Waals surface area contributed by atoms with Gasteiger partial charge in [0, 0.05) is 10.9 Å². The third-order valence-corrected chi connectivity index (χ3v) is 4.43. The van der Waals surface area contributed by atoms with E-state index in [9.17, 15) is 0 Å². The molecule has 1 saturated carbocycles. The Labute approximate surface area is 121 Å². The number of benzene rings is 1. The van der Waals surface area contributed by atoms with Crippen LogP contribution in [0, 0.1) is 0 Å². The highest BCUT2D eigenvalue weighted by atomic mass is 32.2. The van der Waals surface area contributed by atoms with Crippen LogP contribution in [-0.2, 0) is 0 Å². The highest BCUT2D eigenvalue weighted by Crippen LogP contribution is 2.19. The Morgan fingerprint density at radius 2 is 1.89 bits per heavy atom. The van der Waals surface area contributed by atoms with E-state index in [-0.39, 0.29) is 0 Å². The molecule has 3 heteroatoms. The van der Waals surface area contributed by atoms with Crippen LogP contribution in [0.15, 0.2) is 29.2 Å². The fourth-order valence-corrected chi connectivity index (χ4v) is 2.96. The van der Waals surface area contributed by atoms with Crippen LogP contribution in [0.3, 0.4) is 0 Å². The second-order valence-electron chi connectivity index (χ2n) is 5.17. The van der Waals surface area contributed by atoms with Crippen LogP contribution in [0.5, 0.6) is 5.75 Å². The van der Waals surface area contributed by atoms with Crippen molar-refractivity contribution in [1.29, 1.82) is 0 Å². The maximum Gasteiger partial charge on any atom is 0.119 e. The van der Waals surface area contributed by atoms with Crippen LogP contribution in [0.2, 0.25) is 0 Å². The number of rotatable bonds is 7. The van der Waals surface area contributed by atoms with Crippen LogP contribution in [0.1, 0.15) is 38.5 Å². The van der Waals surface area contributed by atoms with Crippen LogP contribution in [0.25, 0.3) is 0 Å². The molecule has 1 aliphatic rings. The topological polar surface area (TPSA) is 21.3 Å². The summed E-state index contributed by atoms with van der Waals surface area (Å²) in [4.78, 5) is 1.28. The van der Waals surface area contributed by atoms with Crippen molar-refractivity contribution in [2.75, 3.05) is 19.4 Å². The highest BCUT2D eigenvalue weighted by molar-refractivity contribution is 7.98. The molecule has 0 heterocycles. The molecule has 1 aromatic carbocycles. The van der Waals surface area contributed by atoms with Gasteiger partial charge in [0.25, 0.3) is 0 Å². The van der Waals surface area contributed by atoms with E-state index >= 15 is 0 Å². The van der Waals surface area contributed by atoms with E-state index in [0.717, 1.165) is 31.4 Å². The molecule has 0 spiro atoms. The fraction of sp³-hybridized carbons (Fsp3) is 0.625. The average Bonchev–Trinajstić information content (AvgIpc) is 2.49. The Morgan fingerprint density at radius 3 is 2.58 bits per heavy atom. The van der Waals surface area contributed by atoms with Gasteiger partial charge in [0.15, 0.2) is 0 Å². The van der Waals surface area contributed by atoms with Gasteiger partial charge in [-0.3, -0.25) is 0 Å². The molecule has 19 heavy (non-hydrogen) atoms. The van der Waals surface area contributed by atoms with E-state index in [1.165, 1.54) is 37.0 Å². The van der Waals surface area contributed by atoms with Gasteiger partial charge in [-0.1, -0.05) is 19.3 Å². The molecular weight excluding hydrogens is 254 g/mol. The van der Waals surface area contributed by atoms with Gasteiger partial charge in [0.1, 0.15) is 5.75 Å². The van der Waals surface area contributed by atoms with Crippen LogP contribution >= 0.6 is 11.8 Å². The zero-order valence-electron chi connectivity index (χ0n) is 11.9. The third-order valence-electron chi connectivity index (χ3n) is 3.69. The Morgan fingerprint density at radius 1 is 1.16 bits per heavy atom. The first-order valence-electron chi connectivity index (χ1n) is 7.39. The summed E-state index contributed by atoms with van der Waals surface area (Å²) in [5.74, 6) is 0.982. The van der Waals surface area contributed by atoms with Gasteiger partial charge in [-0.25, -0.2) is 0 Å². The van der Waals surface area contributed by atoms with Gasteiger partial charge in [-0.2, -0.15) is 0 Å².